The topological polar surface area (TPSA) is 45.2 Å². The van der Waals surface area contributed by atoms with Gasteiger partial charge in [-0.15, -0.1) is 22.7 Å². The molecule has 0 unspecified atom stereocenters. The van der Waals surface area contributed by atoms with Crippen LogP contribution < -0.4 is 5.32 Å². The third-order valence-electron chi connectivity index (χ3n) is 5.00. The van der Waals surface area contributed by atoms with Crippen LogP contribution in [0.5, 0.6) is 0 Å². The van der Waals surface area contributed by atoms with E-state index in [9.17, 15) is 4.79 Å². The minimum absolute atomic E-state index is 0.182. The SMILES string of the molecule is O=C(c1ccc(-c2nc3ccccc3s2)s1)N1C[C@H]2CNC[C@H]2C1. The number of nitrogens with one attached hydrogen (secondary N) is 1. The summed E-state index contributed by atoms with van der Waals surface area (Å²) in [6.45, 7) is 3.89. The molecule has 2 aliphatic heterocycles. The van der Waals surface area contributed by atoms with Crippen molar-refractivity contribution in [1.29, 1.82) is 0 Å². The number of amides is 1. The van der Waals surface area contributed by atoms with Gasteiger partial charge in [0.15, 0.2) is 0 Å². The normalized spacial score (nSPS) is 23.1. The molecule has 0 bridgehead atoms. The number of benzene rings is 1. The number of likely N-dealkylation sites (tertiary alicyclic amines) is 1. The Hall–Kier alpha value is -1.76. The summed E-state index contributed by atoms with van der Waals surface area (Å²) in [5.41, 5.74) is 1.03. The van der Waals surface area contributed by atoms with Crippen molar-refractivity contribution in [3.05, 3.63) is 41.3 Å². The summed E-state index contributed by atoms with van der Waals surface area (Å²) < 4.78 is 1.19. The van der Waals surface area contributed by atoms with Crippen molar-refractivity contribution in [1.82, 2.24) is 15.2 Å². The van der Waals surface area contributed by atoms with E-state index in [2.05, 4.69) is 11.4 Å². The van der Waals surface area contributed by atoms with Crippen molar-refractivity contribution < 1.29 is 4.79 Å². The summed E-state index contributed by atoms with van der Waals surface area (Å²) >= 11 is 3.25. The van der Waals surface area contributed by atoms with Gasteiger partial charge in [-0.3, -0.25) is 4.79 Å². The number of thiophene rings is 1. The van der Waals surface area contributed by atoms with Gasteiger partial charge >= 0.3 is 0 Å². The highest BCUT2D eigenvalue weighted by molar-refractivity contribution is 7.26. The van der Waals surface area contributed by atoms with E-state index in [4.69, 9.17) is 4.98 Å². The standard InChI is InChI=1S/C18H17N3OS2/c22-18(21-9-11-7-19-8-12(11)10-21)16-6-5-15(23-16)17-20-13-3-1-2-4-14(13)24-17/h1-6,11-12,19H,7-10H2/t11-,12+. The van der Waals surface area contributed by atoms with Gasteiger partial charge in [0.1, 0.15) is 5.01 Å². The van der Waals surface area contributed by atoms with Crippen LogP contribution in [0.25, 0.3) is 20.1 Å². The lowest BCUT2D eigenvalue weighted by atomic mass is 10.0. The van der Waals surface area contributed by atoms with E-state index in [1.54, 1.807) is 22.7 Å². The van der Waals surface area contributed by atoms with E-state index in [-0.39, 0.29) is 5.91 Å². The van der Waals surface area contributed by atoms with Gasteiger partial charge in [0.25, 0.3) is 5.91 Å². The third kappa shape index (κ3) is 2.37. The summed E-state index contributed by atoms with van der Waals surface area (Å²) in [6.07, 6.45) is 0. The molecule has 2 aromatic heterocycles. The highest BCUT2D eigenvalue weighted by atomic mass is 32.1. The number of aromatic nitrogens is 1. The number of hydrogen-bond donors (Lipinski definition) is 1. The predicted octanol–water partition coefficient (Wildman–Crippen LogP) is 3.32. The van der Waals surface area contributed by atoms with Crippen LogP contribution in [0.2, 0.25) is 0 Å². The second kappa shape index (κ2) is 5.65. The molecule has 1 N–H and O–H groups in total. The molecule has 4 heterocycles. The fourth-order valence-electron chi connectivity index (χ4n) is 3.72. The van der Waals surface area contributed by atoms with Crippen molar-refractivity contribution in [2.75, 3.05) is 26.2 Å². The number of para-hydroxylation sites is 1. The number of thiazole rings is 1. The summed E-state index contributed by atoms with van der Waals surface area (Å²) in [5.74, 6) is 1.46. The average Bonchev–Trinajstić information content (AvgIpc) is 3.34. The molecule has 2 saturated heterocycles. The predicted molar refractivity (Wildman–Crippen MR) is 98.7 cm³/mol. The molecule has 3 aromatic rings. The van der Waals surface area contributed by atoms with Gasteiger partial charge in [-0.1, -0.05) is 12.1 Å². The number of carbonyl (C=O) groups excluding carboxylic acids is 1. The Morgan fingerprint density at radius 3 is 2.67 bits per heavy atom. The zero-order chi connectivity index (χ0) is 16.1. The molecule has 0 aliphatic carbocycles. The second-order valence-corrected chi connectivity index (χ2v) is 8.65. The van der Waals surface area contributed by atoms with Crippen LogP contribution in [0.4, 0.5) is 0 Å². The number of rotatable bonds is 2. The molecule has 2 aliphatic rings. The van der Waals surface area contributed by atoms with Gasteiger partial charge in [0.2, 0.25) is 0 Å². The lowest BCUT2D eigenvalue weighted by molar-refractivity contribution is 0.0786. The van der Waals surface area contributed by atoms with Crippen LogP contribution in [0.3, 0.4) is 0 Å². The Morgan fingerprint density at radius 2 is 1.88 bits per heavy atom. The lowest BCUT2D eigenvalue weighted by Crippen LogP contribution is -2.31. The van der Waals surface area contributed by atoms with E-state index < -0.39 is 0 Å². The summed E-state index contributed by atoms with van der Waals surface area (Å²) in [6, 6.07) is 12.2. The Morgan fingerprint density at radius 1 is 1.08 bits per heavy atom. The molecule has 0 spiro atoms. The van der Waals surface area contributed by atoms with Crippen LogP contribution in [-0.2, 0) is 0 Å². The molecule has 4 nitrogen and oxygen atoms in total. The van der Waals surface area contributed by atoms with Crippen molar-refractivity contribution >= 4 is 38.8 Å². The first-order valence-corrected chi connectivity index (χ1v) is 9.87. The largest absolute Gasteiger partial charge is 0.337 e. The molecular weight excluding hydrogens is 338 g/mol. The molecular formula is C18H17N3OS2. The number of nitrogens with zero attached hydrogens (tertiary/aromatic N) is 2. The minimum atomic E-state index is 0.182. The van der Waals surface area contributed by atoms with Gasteiger partial charge in [0.05, 0.1) is 20.0 Å². The Labute approximate surface area is 148 Å². The summed E-state index contributed by atoms with van der Waals surface area (Å²) in [4.78, 5) is 21.4. The molecule has 6 heteroatoms. The van der Waals surface area contributed by atoms with Crippen LogP contribution in [0, 0.1) is 11.8 Å². The molecule has 1 amide bonds. The first-order valence-electron chi connectivity index (χ1n) is 8.24. The van der Waals surface area contributed by atoms with Gasteiger partial charge in [-0.2, -0.15) is 0 Å². The summed E-state index contributed by atoms with van der Waals surface area (Å²) in [5, 5.41) is 4.42. The maximum absolute atomic E-state index is 12.8. The average molecular weight is 355 g/mol. The molecule has 24 heavy (non-hydrogen) atoms. The summed E-state index contributed by atoms with van der Waals surface area (Å²) in [7, 11) is 0. The molecule has 1 aromatic carbocycles. The monoisotopic (exact) mass is 355 g/mol. The van der Waals surface area contributed by atoms with Crippen molar-refractivity contribution in [3.8, 4) is 9.88 Å². The van der Waals surface area contributed by atoms with Gasteiger partial charge in [-0.25, -0.2) is 4.98 Å². The first-order chi connectivity index (χ1) is 11.8. The molecule has 2 atom stereocenters. The zero-order valence-electron chi connectivity index (χ0n) is 13.1. The highest BCUT2D eigenvalue weighted by Gasteiger charge is 2.38. The molecule has 0 saturated carbocycles. The van der Waals surface area contributed by atoms with Crippen LogP contribution in [-0.4, -0.2) is 42.0 Å². The smallest absolute Gasteiger partial charge is 0.263 e. The fourth-order valence-corrected chi connectivity index (χ4v) is 5.72. The van der Waals surface area contributed by atoms with E-state index in [0.29, 0.717) is 11.8 Å². The van der Waals surface area contributed by atoms with Gasteiger partial charge in [-0.05, 0) is 36.1 Å². The number of hydrogen-bond acceptors (Lipinski definition) is 5. The second-order valence-electron chi connectivity index (χ2n) is 6.54. The molecule has 5 rings (SSSR count). The fraction of sp³-hybridized carbons (Fsp3) is 0.333. The van der Waals surface area contributed by atoms with E-state index in [1.165, 1.54) is 4.70 Å². The number of carbonyl (C=O) groups is 1. The maximum Gasteiger partial charge on any atom is 0.263 e. The Kier molecular flexibility index (Phi) is 3.43. The van der Waals surface area contributed by atoms with Crippen LogP contribution in [0.1, 0.15) is 9.67 Å². The van der Waals surface area contributed by atoms with Gasteiger partial charge in [0, 0.05) is 26.2 Å². The number of fused-ring (bicyclic) bond motifs is 2. The first kappa shape index (κ1) is 14.6. The quantitative estimate of drug-likeness (QED) is 0.767. The zero-order valence-corrected chi connectivity index (χ0v) is 14.7. The van der Waals surface area contributed by atoms with Crippen LogP contribution >= 0.6 is 22.7 Å². The van der Waals surface area contributed by atoms with Crippen molar-refractivity contribution in [2.45, 2.75) is 0 Å². The van der Waals surface area contributed by atoms with Gasteiger partial charge < -0.3 is 10.2 Å². The Bertz CT molecular complexity index is 871. The van der Waals surface area contributed by atoms with E-state index in [1.807, 2.05) is 35.2 Å². The van der Waals surface area contributed by atoms with E-state index >= 15 is 0 Å². The molecule has 2 fully saturated rings. The minimum Gasteiger partial charge on any atom is -0.337 e. The molecule has 0 radical (unpaired) electrons. The molecule has 122 valence electrons. The highest BCUT2D eigenvalue weighted by Crippen LogP contribution is 2.35. The van der Waals surface area contributed by atoms with Crippen molar-refractivity contribution in [2.24, 2.45) is 11.8 Å². The Balaban J connectivity index is 1.39. The third-order valence-corrected chi connectivity index (χ3v) is 7.28. The van der Waals surface area contributed by atoms with E-state index in [0.717, 1.165) is 46.5 Å². The maximum atomic E-state index is 12.8. The van der Waals surface area contributed by atoms with Crippen molar-refractivity contribution in [3.63, 3.8) is 0 Å². The van der Waals surface area contributed by atoms with Crippen LogP contribution in [0.15, 0.2) is 36.4 Å². The lowest BCUT2D eigenvalue weighted by Gasteiger charge is -2.16.